The van der Waals surface area contributed by atoms with Crippen LogP contribution in [0.1, 0.15) is 70.2 Å². The van der Waals surface area contributed by atoms with Gasteiger partial charge in [-0.05, 0) is 48.0 Å². The lowest BCUT2D eigenvalue weighted by atomic mass is 9.85. The Labute approximate surface area is 137 Å². The Morgan fingerprint density at radius 3 is 2.62 bits per heavy atom. The first-order chi connectivity index (χ1) is 10.2. The number of nitrogens with zero attached hydrogens (tertiary/aromatic N) is 2. The molecule has 1 atom stereocenters. The van der Waals surface area contributed by atoms with Crippen molar-refractivity contribution >= 4 is 15.9 Å². The van der Waals surface area contributed by atoms with Crippen LogP contribution in [0, 0.1) is 5.92 Å². The SMILES string of the molecule is CCc1nn(CC)c(CC(N)CCC2CCCCC2)c1Br. The average molecular weight is 356 g/mol. The Kier molecular flexibility index (Phi) is 6.74. The lowest BCUT2D eigenvalue weighted by molar-refractivity contribution is 0.322. The smallest absolute Gasteiger partial charge is 0.0766 e. The maximum absolute atomic E-state index is 6.40. The third kappa shape index (κ3) is 4.56. The minimum atomic E-state index is 0.259. The molecule has 1 saturated carbocycles. The molecular weight excluding hydrogens is 326 g/mol. The summed E-state index contributed by atoms with van der Waals surface area (Å²) in [5.41, 5.74) is 8.85. The highest BCUT2D eigenvalue weighted by Crippen LogP contribution is 2.29. The normalized spacial score (nSPS) is 18.1. The molecular formula is C17H30BrN3. The number of hydrogen-bond acceptors (Lipinski definition) is 2. The van der Waals surface area contributed by atoms with E-state index in [2.05, 4.69) is 39.6 Å². The first kappa shape index (κ1) is 17.0. The molecule has 0 aromatic carbocycles. The molecule has 0 bridgehead atoms. The van der Waals surface area contributed by atoms with Gasteiger partial charge in [-0.15, -0.1) is 0 Å². The van der Waals surface area contributed by atoms with Crippen molar-refractivity contribution in [3.8, 4) is 0 Å². The minimum absolute atomic E-state index is 0.259. The zero-order valence-electron chi connectivity index (χ0n) is 13.6. The number of aromatic nitrogens is 2. The average Bonchev–Trinajstić information content (AvgIpc) is 2.82. The molecule has 0 spiro atoms. The van der Waals surface area contributed by atoms with Gasteiger partial charge in [0.15, 0.2) is 0 Å². The van der Waals surface area contributed by atoms with Gasteiger partial charge in [-0.2, -0.15) is 5.10 Å². The Morgan fingerprint density at radius 2 is 2.00 bits per heavy atom. The van der Waals surface area contributed by atoms with Gasteiger partial charge in [0.25, 0.3) is 0 Å². The van der Waals surface area contributed by atoms with E-state index < -0.39 is 0 Å². The molecule has 0 saturated heterocycles. The lowest BCUT2D eigenvalue weighted by Gasteiger charge is -2.23. The van der Waals surface area contributed by atoms with Crippen LogP contribution in [-0.2, 0) is 19.4 Å². The van der Waals surface area contributed by atoms with E-state index >= 15 is 0 Å². The molecule has 0 amide bonds. The molecule has 3 nitrogen and oxygen atoms in total. The predicted octanol–water partition coefficient (Wildman–Crippen LogP) is 4.46. The van der Waals surface area contributed by atoms with Gasteiger partial charge < -0.3 is 5.73 Å². The van der Waals surface area contributed by atoms with Crippen molar-refractivity contribution < 1.29 is 0 Å². The second-order valence-corrected chi connectivity index (χ2v) is 7.22. The summed E-state index contributed by atoms with van der Waals surface area (Å²) in [5, 5.41) is 4.66. The van der Waals surface area contributed by atoms with E-state index in [0.717, 1.165) is 37.4 Å². The topological polar surface area (TPSA) is 43.8 Å². The number of hydrogen-bond donors (Lipinski definition) is 1. The molecule has 1 aromatic rings. The predicted molar refractivity (Wildman–Crippen MR) is 92.5 cm³/mol. The fraction of sp³-hybridized carbons (Fsp3) is 0.824. The van der Waals surface area contributed by atoms with Gasteiger partial charge in [-0.1, -0.05) is 39.0 Å². The number of rotatable bonds is 7. The van der Waals surface area contributed by atoms with E-state index in [-0.39, 0.29) is 6.04 Å². The van der Waals surface area contributed by atoms with Crippen LogP contribution in [0.25, 0.3) is 0 Å². The van der Waals surface area contributed by atoms with Gasteiger partial charge in [0.05, 0.1) is 15.9 Å². The number of nitrogens with two attached hydrogens (primary N) is 1. The van der Waals surface area contributed by atoms with Crippen molar-refractivity contribution in [2.24, 2.45) is 11.7 Å². The van der Waals surface area contributed by atoms with Crippen LogP contribution >= 0.6 is 15.9 Å². The summed E-state index contributed by atoms with van der Waals surface area (Å²) in [7, 11) is 0. The maximum Gasteiger partial charge on any atom is 0.0766 e. The van der Waals surface area contributed by atoms with Crippen molar-refractivity contribution in [3.63, 3.8) is 0 Å². The summed E-state index contributed by atoms with van der Waals surface area (Å²) in [4.78, 5) is 0. The van der Waals surface area contributed by atoms with Gasteiger partial charge in [-0.3, -0.25) is 4.68 Å². The summed E-state index contributed by atoms with van der Waals surface area (Å²) < 4.78 is 3.29. The zero-order valence-corrected chi connectivity index (χ0v) is 15.2. The van der Waals surface area contributed by atoms with Crippen LogP contribution in [0.2, 0.25) is 0 Å². The van der Waals surface area contributed by atoms with Gasteiger partial charge in [0.2, 0.25) is 0 Å². The van der Waals surface area contributed by atoms with E-state index in [4.69, 9.17) is 5.73 Å². The molecule has 2 rings (SSSR count). The largest absolute Gasteiger partial charge is 0.327 e. The molecule has 1 aliphatic carbocycles. The third-order valence-electron chi connectivity index (χ3n) is 4.82. The minimum Gasteiger partial charge on any atom is -0.327 e. The molecule has 1 aromatic heterocycles. The van der Waals surface area contributed by atoms with Gasteiger partial charge in [-0.25, -0.2) is 0 Å². The Hall–Kier alpha value is -0.350. The van der Waals surface area contributed by atoms with Crippen LogP contribution in [0.3, 0.4) is 0 Å². The third-order valence-corrected chi connectivity index (χ3v) is 5.74. The van der Waals surface area contributed by atoms with Crippen LogP contribution in [0.4, 0.5) is 0 Å². The quantitative estimate of drug-likeness (QED) is 0.784. The summed E-state index contributed by atoms with van der Waals surface area (Å²) >= 11 is 3.72. The zero-order chi connectivity index (χ0) is 15.2. The van der Waals surface area contributed by atoms with Gasteiger partial charge in [0.1, 0.15) is 0 Å². The van der Waals surface area contributed by atoms with E-state index in [1.54, 1.807) is 0 Å². The molecule has 1 fully saturated rings. The van der Waals surface area contributed by atoms with Crippen molar-refractivity contribution in [1.29, 1.82) is 0 Å². The molecule has 0 aliphatic heterocycles. The molecule has 4 heteroatoms. The van der Waals surface area contributed by atoms with E-state index in [0.29, 0.717) is 0 Å². The monoisotopic (exact) mass is 355 g/mol. The van der Waals surface area contributed by atoms with Crippen LogP contribution in [0.5, 0.6) is 0 Å². The summed E-state index contributed by atoms with van der Waals surface area (Å²) in [6, 6.07) is 0.259. The highest BCUT2D eigenvalue weighted by atomic mass is 79.9. The van der Waals surface area contributed by atoms with E-state index in [9.17, 15) is 0 Å². The standard InChI is InChI=1S/C17H30BrN3/c1-3-15-17(18)16(21(4-2)20-15)12-14(19)11-10-13-8-6-5-7-9-13/h13-14H,3-12,19H2,1-2H3. The summed E-state index contributed by atoms with van der Waals surface area (Å²) in [6.07, 6.45) is 11.5. The summed E-state index contributed by atoms with van der Waals surface area (Å²) in [6.45, 7) is 5.22. The fourth-order valence-electron chi connectivity index (χ4n) is 3.49. The molecule has 2 N–H and O–H groups in total. The van der Waals surface area contributed by atoms with Crippen LogP contribution < -0.4 is 5.73 Å². The van der Waals surface area contributed by atoms with Gasteiger partial charge >= 0.3 is 0 Å². The second-order valence-electron chi connectivity index (χ2n) is 6.42. The van der Waals surface area contributed by atoms with Gasteiger partial charge in [0, 0.05) is 19.0 Å². The molecule has 21 heavy (non-hydrogen) atoms. The van der Waals surface area contributed by atoms with E-state index in [1.165, 1.54) is 48.7 Å². The Balaban J connectivity index is 1.89. The van der Waals surface area contributed by atoms with Crippen LogP contribution in [-0.4, -0.2) is 15.8 Å². The molecule has 120 valence electrons. The summed E-state index contributed by atoms with van der Waals surface area (Å²) in [5.74, 6) is 0.926. The van der Waals surface area contributed by atoms with Crippen molar-refractivity contribution in [1.82, 2.24) is 9.78 Å². The van der Waals surface area contributed by atoms with Crippen molar-refractivity contribution in [3.05, 3.63) is 15.9 Å². The van der Waals surface area contributed by atoms with Crippen LogP contribution in [0.15, 0.2) is 4.47 Å². The number of halogens is 1. The first-order valence-corrected chi connectivity index (χ1v) is 9.44. The molecule has 1 heterocycles. The Bertz CT molecular complexity index is 435. The van der Waals surface area contributed by atoms with Crippen molar-refractivity contribution in [2.75, 3.05) is 0 Å². The Morgan fingerprint density at radius 1 is 1.29 bits per heavy atom. The first-order valence-electron chi connectivity index (χ1n) is 8.65. The highest BCUT2D eigenvalue weighted by molar-refractivity contribution is 9.10. The highest BCUT2D eigenvalue weighted by Gasteiger charge is 2.18. The number of aryl methyl sites for hydroxylation is 2. The molecule has 1 aliphatic rings. The molecule has 0 radical (unpaired) electrons. The van der Waals surface area contributed by atoms with Crippen molar-refractivity contribution in [2.45, 2.75) is 84.2 Å². The molecule has 1 unspecified atom stereocenters. The van der Waals surface area contributed by atoms with E-state index in [1.807, 2.05) is 0 Å². The second kappa shape index (κ2) is 8.33. The fourth-order valence-corrected chi connectivity index (χ4v) is 4.21. The lowest BCUT2D eigenvalue weighted by Crippen LogP contribution is -2.25. The maximum atomic E-state index is 6.40.